The maximum atomic E-state index is 11.9. The zero-order valence-electron chi connectivity index (χ0n) is 15.5. The molecule has 0 saturated carbocycles. The lowest BCUT2D eigenvalue weighted by molar-refractivity contribution is 0.355. The van der Waals surface area contributed by atoms with Crippen molar-refractivity contribution in [2.45, 2.75) is 31.2 Å². The average molecular weight is 384 g/mol. The fraction of sp³-hybridized carbons (Fsp3) is 0.278. The van der Waals surface area contributed by atoms with Crippen LogP contribution in [0.15, 0.2) is 41.7 Å². The standard InChI is InChI=1S/C18H20N6O2S/c1-18(2,3)24-10-11(8-20-24)21-17-16-14(9-19-23-16)13-7-12(27(4,25)26)5-6-15(13)22-17/h5-10H,1-4H3,(H,19,23)(H,21,22). The second-order valence-electron chi connectivity index (χ2n) is 7.54. The van der Waals surface area contributed by atoms with E-state index in [0.29, 0.717) is 16.9 Å². The molecule has 2 N–H and O–H groups in total. The largest absolute Gasteiger partial charge is 0.336 e. The van der Waals surface area contributed by atoms with E-state index in [2.05, 4.69) is 46.4 Å². The summed E-state index contributed by atoms with van der Waals surface area (Å²) in [7, 11) is -3.30. The van der Waals surface area contributed by atoms with Gasteiger partial charge in [-0.3, -0.25) is 9.78 Å². The summed E-state index contributed by atoms with van der Waals surface area (Å²) < 4.78 is 25.6. The number of nitrogens with one attached hydrogen (secondary N) is 2. The van der Waals surface area contributed by atoms with Crippen LogP contribution in [0.5, 0.6) is 0 Å². The lowest BCUT2D eigenvalue weighted by Gasteiger charge is -2.18. The van der Waals surface area contributed by atoms with Gasteiger partial charge < -0.3 is 5.32 Å². The Kier molecular flexibility index (Phi) is 3.74. The number of hydrogen-bond acceptors (Lipinski definition) is 6. The van der Waals surface area contributed by atoms with Crippen LogP contribution in [-0.4, -0.2) is 39.6 Å². The van der Waals surface area contributed by atoms with Gasteiger partial charge in [0.2, 0.25) is 0 Å². The molecule has 0 atom stereocenters. The first-order chi connectivity index (χ1) is 12.6. The molecule has 0 aliphatic heterocycles. The van der Waals surface area contributed by atoms with Crippen molar-refractivity contribution in [1.29, 1.82) is 0 Å². The molecule has 1 aromatic carbocycles. The van der Waals surface area contributed by atoms with Gasteiger partial charge in [-0.1, -0.05) is 0 Å². The van der Waals surface area contributed by atoms with Crippen LogP contribution < -0.4 is 5.32 Å². The number of nitrogens with zero attached hydrogens (tertiary/aromatic N) is 4. The molecule has 27 heavy (non-hydrogen) atoms. The van der Waals surface area contributed by atoms with Gasteiger partial charge in [0.05, 0.1) is 34.0 Å². The van der Waals surface area contributed by atoms with E-state index in [4.69, 9.17) is 0 Å². The Bertz CT molecular complexity index is 1260. The Morgan fingerprint density at radius 2 is 1.93 bits per heavy atom. The normalized spacial score (nSPS) is 12.7. The van der Waals surface area contributed by atoms with Crippen molar-refractivity contribution >= 4 is 43.1 Å². The minimum absolute atomic E-state index is 0.123. The molecule has 0 radical (unpaired) electrons. The van der Waals surface area contributed by atoms with Crippen LogP contribution in [0.3, 0.4) is 0 Å². The van der Waals surface area contributed by atoms with Gasteiger partial charge in [0.15, 0.2) is 15.7 Å². The van der Waals surface area contributed by atoms with E-state index in [0.717, 1.165) is 16.5 Å². The van der Waals surface area contributed by atoms with Crippen LogP contribution in [0.1, 0.15) is 20.8 Å². The van der Waals surface area contributed by atoms with Crippen LogP contribution in [0.25, 0.3) is 21.8 Å². The molecule has 0 unspecified atom stereocenters. The van der Waals surface area contributed by atoms with Gasteiger partial charge in [0.1, 0.15) is 5.52 Å². The molecule has 3 aromatic heterocycles. The molecule has 0 spiro atoms. The Morgan fingerprint density at radius 1 is 1.15 bits per heavy atom. The molecule has 9 heteroatoms. The summed E-state index contributed by atoms with van der Waals surface area (Å²) in [6.07, 6.45) is 6.53. The number of hydrogen-bond donors (Lipinski definition) is 2. The first-order valence-electron chi connectivity index (χ1n) is 8.42. The number of benzene rings is 1. The third-order valence-electron chi connectivity index (χ3n) is 4.33. The minimum Gasteiger partial charge on any atom is -0.336 e. The molecular weight excluding hydrogens is 364 g/mol. The van der Waals surface area contributed by atoms with Gasteiger partial charge in [-0.2, -0.15) is 10.2 Å². The summed E-state index contributed by atoms with van der Waals surface area (Å²) >= 11 is 0. The van der Waals surface area contributed by atoms with E-state index >= 15 is 0 Å². The predicted octanol–water partition coefficient (Wildman–Crippen LogP) is 3.21. The fourth-order valence-electron chi connectivity index (χ4n) is 2.89. The molecule has 0 amide bonds. The van der Waals surface area contributed by atoms with Gasteiger partial charge >= 0.3 is 0 Å². The highest BCUT2D eigenvalue weighted by Crippen LogP contribution is 2.31. The molecule has 0 aliphatic rings. The monoisotopic (exact) mass is 384 g/mol. The van der Waals surface area contributed by atoms with E-state index in [9.17, 15) is 8.42 Å². The van der Waals surface area contributed by atoms with Crippen molar-refractivity contribution in [3.05, 3.63) is 36.8 Å². The van der Waals surface area contributed by atoms with Gasteiger partial charge in [0.25, 0.3) is 0 Å². The predicted molar refractivity (Wildman–Crippen MR) is 105 cm³/mol. The Balaban J connectivity index is 1.84. The molecule has 4 aromatic rings. The average Bonchev–Trinajstić information content (AvgIpc) is 3.22. The number of fused-ring (bicyclic) bond motifs is 3. The summed E-state index contributed by atoms with van der Waals surface area (Å²) in [4.78, 5) is 4.91. The summed E-state index contributed by atoms with van der Waals surface area (Å²) in [5, 5.41) is 16.3. The van der Waals surface area contributed by atoms with Crippen LogP contribution in [0.4, 0.5) is 11.5 Å². The maximum absolute atomic E-state index is 11.9. The molecule has 3 heterocycles. The molecule has 8 nitrogen and oxygen atoms in total. The number of pyridine rings is 1. The highest BCUT2D eigenvalue weighted by atomic mass is 32.2. The maximum Gasteiger partial charge on any atom is 0.175 e. The molecular formula is C18H20N6O2S. The second-order valence-corrected chi connectivity index (χ2v) is 9.56. The number of aromatic nitrogens is 5. The number of aromatic amines is 1. The second kappa shape index (κ2) is 5.78. The summed E-state index contributed by atoms with van der Waals surface area (Å²) in [5.74, 6) is 0.607. The highest BCUT2D eigenvalue weighted by Gasteiger charge is 2.17. The number of rotatable bonds is 3. The number of H-pyrrole nitrogens is 1. The molecule has 140 valence electrons. The zero-order chi connectivity index (χ0) is 19.4. The minimum atomic E-state index is -3.30. The van der Waals surface area contributed by atoms with Crippen molar-refractivity contribution in [2.75, 3.05) is 11.6 Å². The van der Waals surface area contributed by atoms with Gasteiger partial charge in [-0.25, -0.2) is 13.4 Å². The Labute approximate surface area is 156 Å². The van der Waals surface area contributed by atoms with Crippen molar-refractivity contribution < 1.29 is 8.42 Å². The summed E-state index contributed by atoms with van der Waals surface area (Å²) in [6, 6.07) is 4.91. The SMILES string of the molecule is CC(C)(C)n1cc(Nc2nc3ccc(S(C)(=O)=O)cc3c3cn[nH]c23)cn1. The van der Waals surface area contributed by atoms with Crippen LogP contribution in [0, 0.1) is 0 Å². The summed E-state index contributed by atoms with van der Waals surface area (Å²) in [5.41, 5.74) is 2.07. The lowest BCUT2D eigenvalue weighted by Crippen LogP contribution is -2.21. The Hall–Kier alpha value is -2.94. The van der Waals surface area contributed by atoms with E-state index in [1.807, 2.05) is 10.9 Å². The molecule has 0 aliphatic carbocycles. The number of sulfone groups is 1. The molecule has 4 rings (SSSR count). The number of anilines is 2. The smallest absolute Gasteiger partial charge is 0.175 e. The van der Waals surface area contributed by atoms with Crippen molar-refractivity contribution in [2.24, 2.45) is 0 Å². The quantitative estimate of drug-likeness (QED) is 0.562. The molecule has 0 saturated heterocycles. The van der Waals surface area contributed by atoms with E-state index < -0.39 is 9.84 Å². The third-order valence-corrected chi connectivity index (χ3v) is 5.44. The van der Waals surface area contributed by atoms with E-state index in [-0.39, 0.29) is 10.4 Å². The first kappa shape index (κ1) is 17.5. The topological polar surface area (TPSA) is 106 Å². The Morgan fingerprint density at radius 3 is 2.59 bits per heavy atom. The van der Waals surface area contributed by atoms with Crippen molar-refractivity contribution in [3.63, 3.8) is 0 Å². The van der Waals surface area contributed by atoms with Crippen molar-refractivity contribution in [1.82, 2.24) is 25.0 Å². The van der Waals surface area contributed by atoms with Gasteiger partial charge in [0, 0.05) is 23.2 Å². The highest BCUT2D eigenvalue weighted by molar-refractivity contribution is 7.90. The first-order valence-corrected chi connectivity index (χ1v) is 10.3. The third kappa shape index (κ3) is 3.14. The van der Waals surface area contributed by atoms with E-state index in [1.165, 1.54) is 6.26 Å². The van der Waals surface area contributed by atoms with Crippen LogP contribution in [0.2, 0.25) is 0 Å². The van der Waals surface area contributed by atoms with Gasteiger partial charge in [-0.15, -0.1) is 0 Å². The molecule has 0 fully saturated rings. The fourth-order valence-corrected chi connectivity index (χ4v) is 3.53. The van der Waals surface area contributed by atoms with Gasteiger partial charge in [-0.05, 0) is 39.0 Å². The zero-order valence-corrected chi connectivity index (χ0v) is 16.3. The summed E-state index contributed by atoms with van der Waals surface area (Å²) in [6.45, 7) is 6.22. The van der Waals surface area contributed by atoms with E-state index in [1.54, 1.807) is 30.6 Å². The lowest BCUT2D eigenvalue weighted by atomic mass is 10.1. The molecule has 0 bridgehead atoms. The van der Waals surface area contributed by atoms with Crippen LogP contribution >= 0.6 is 0 Å². The van der Waals surface area contributed by atoms with Crippen LogP contribution in [-0.2, 0) is 15.4 Å². The van der Waals surface area contributed by atoms with Crippen molar-refractivity contribution in [3.8, 4) is 0 Å².